The van der Waals surface area contributed by atoms with E-state index in [1.54, 1.807) is 18.2 Å². The summed E-state index contributed by atoms with van der Waals surface area (Å²) in [4.78, 5) is 0. The van der Waals surface area contributed by atoms with Gasteiger partial charge in [0.1, 0.15) is 30.4 Å². The van der Waals surface area contributed by atoms with Crippen LogP contribution in [0.2, 0.25) is 0 Å². The molecule has 0 aliphatic heterocycles. The van der Waals surface area contributed by atoms with Gasteiger partial charge in [-0.05, 0) is 196 Å². The maximum Gasteiger partial charge on any atom is 0.123 e. The highest BCUT2D eigenvalue weighted by atomic mass is 19.1. The SMILES string of the molecule is CCCC/C=C\CC/C=C\C=C\[C@@H](O)CCCCC.CCCCCCCC/C=C\C#C[C@@H](O)CCCCC.CCCCCCCC/C=C\C=C\C(C)(O)CCCCC.CCCCCCCC/C=C\C=C\[C@@H](O)CCCCC.CCCCCCCC/C=C\C=C\[C@@H](O)CCc1ccccc1.CCCCCCCC/C=C\C=C\[C@@H](O)COc1ccc(F)cc1.CCCCCCCCC#C/C=C/[C@@H](O)CCCCC. The number of rotatable bonds is 84. The van der Waals surface area contributed by atoms with Gasteiger partial charge >= 0.3 is 0 Å². The van der Waals surface area contributed by atoms with Crippen molar-refractivity contribution in [2.24, 2.45) is 0 Å². The summed E-state index contributed by atoms with van der Waals surface area (Å²) in [6.45, 7) is 28.7. The van der Waals surface area contributed by atoms with Crippen molar-refractivity contribution in [3.8, 4) is 29.4 Å². The summed E-state index contributed by atoms with van der Waals surface area (Å²) in [5.74, 6) is 12.2. The first-order valence-electron chi connectivity index (χ1n) is 58.8. The molecule has 0 radical (unpaired) electrons. The fourth-order valence-electron chi connectivity index (χ4n) is 14.8. The number of aliphatic hydroxyl groups excluding tert-OH is 6. The highest BCUT2D eigenvalue weighted by molar-refractivity contribution is 5.23. The summed E-state index contributed by atoms with van der Waals surface area (Å²) in [5.41, 5.74) is 0.646. The van der Waals surface area contributed by atoms with Crippen LogP contribution in [0.15, 0.2) is 213 Å². The molecular weight excluding hydrogens is 1730 g/mol. The first-order valence-corrected chi connectivity index (χ1v) is 58.8. The molecule has 2 aromatic rings. The van der Waals surface area contributed by atoms with Gasteiger partial charge in [0.25, 0.3) is 0 Å². The lowest BCUT2D eigenvalue weighted by Crippen LogP contribution is -2.20. The molecule has 1 unspecified atom stereocenters. The molecule has 0 aliphatic carbocycles. The summed E-state index contributed by atoms with van der Waals surface area (Å²) >= 11 is 0. The third kappa shape index (κ3) is 132. The molecule has 7 N–H and O–H groups in total. The normalized spacial score (nSPS) is 13.4. The van der Waals surface area contributed by atoms with Crippen molar-refractivity contribution in [2.45, 2.75) is 575 Å². The number of hydrogen-bond donors (Lipinski definition) is 7. The van der Waals surface area contributed by atoms with Gasteiger partial charge in [0.05, 0.1) is 30.0 Å². The Balaban J connectivity index is -0.000000511. The second-order valence-corrected chi connectivity index (χ2v) is 38.8. The lowest BCUT2D eigenvalue weighted by molar-refractivity contribution is 0.0986. The summed E-state index contributed by atoms with van der Waals surface area (Å²) < 4.78 is 18.1. The minimum atomic E-state index is -0.668. The Kier molecular flexibility index (Phi) is 128. The minimum absolute atomic E-state index is 0.160. The van der Waals surface area contributed by atoms with E-state index in [4.69, 9.17) is 4.74 Å². The molecule has 8 nitrogen and oxygen atoms in total. The Labute approximate surface area is 874 Å². The van der Waals surface area contributed by atoms with Gasteiger partial charge in [-0.1, -0.05) is 572 Å². The van der Waals surface area contributed by atoms with Crippen LogP contribution in [0.25, 0.3) is 0 Å². The number of hydrogen-bond acceptors (Lipinski definition) is 8. The van der Waals surface area contributed by atoms with Crippen molar-refractivity contribution in [1.82, 2.24) is 0 Å². The van der Waals surface area contributed by atoms with Gasteiger partial charge in [0.2, 0.25) is 0 Å². The highest BCUT2D eigenvalue weighted by Crippen LogP contribution is 2.20. The maximum absolute atomic E-state index is 12.7. The van der Waals surface area contributed by atoms with Gasteiger partial charge in [-0.2, -0.15) is 0 Å². The van der Waals surface area contributed by atoms with E-state index in [-0.39, 0.29) is 36.8 Å². The fourth-order valence-corrected chi connectivity index (χ4v) is 14.8. The molecule has 0 bridgehead atoms. The fraction of sp³-hybridized carbons (Fsp3) is 0.682. The van der Waals surface area contributed by atoms with Gasteiger partial charge < -0.3 is 40.5 Å². The van der Waals surface area contributed by atoms with Crippen LogP contribution < -0.4 is 4.74 Å². The molecule has 0 amide bonds. The van der Waals surface area contributed by atoms with Crippen LogP contribution in [-0.4, -0.2) is 84.6 Å². The first kappa shape index (κ1) is 143. The van der Waals surface area contributed by atoms with Crippen LogP contribution in [0.4, 0.5) is 4.39 Å². The zero-order valence-electron chi connectivity index (χ0n) is 94.1. The zero-order valence-corrected chi connectivity index (χ0v) is 94.1. The summed E-state index contributed by atoms with van der Waals surface area (Å²) in [7, 11) is 0. The molecule has 0 aliphatic rings. The Bertz CT molecular complexity index is 3300. The molecule has 0 aromatic heterocycles. The number of aryl methyl sites for hydroxylation is 1. The molecule has 0 heterocycles. The van der Waals surface area contributed by atoms with Crippen LogP contribution >= 0.6 is 0 Å². The average Bonchev–Trinajstić information content (AvgIpc) is 0.849. The van der Waals surface area contributed by atoms with Crippen LogP contribution in [0.5, 0.6) is 5.75 Å². The minimum Gasteiger partial charge on any atom is -0.491 e. The molecular formula is C132H227FO8. The molecule has 2 aromatic carbocycles. The predicted molar refractivity (Wildman–Crippen MR) is 625 cm³/mol. The van der Waals surface area contributed by atoms with Crippen molar-refractivity contribution in [1.29, 1.82) is 0 Å². The molecule has 141 heavy (non-hydrogen) atoms. The molecule has 0 spiro atoms. The molecule has 2 rings (SSSR count). The van der Waals surface area contributed by atoms with Crippen LogP contribution in [0.3, 0.4) is 0 Å². The lowest BCUT2D eigenvalue weighted by atomic mass is 9.98. The van der Waals surface area contributed by atoms with E-state index in [9.17, 15) is 40.1 Å². The first-order chi connectivity index (χ1) is 68.9. The third-order valence-corrected chi connectivity index (χ3v) is 24.1. The largest absolute Gasteiger partial charge is 0.491 e. The lowest BCUT2D eigenvalue weighted by Gasteiger charge is -2.18. The Hall–Kier alpha value is -6.37. The molecule has 0 fully saturated rings. The molecule has 7 atom stereocenters. The van der Waals surface area contributed by atoms with E-state index in [2.05, 4.69) is 186 Å². The Morgan fingerprint density at radius 1 is 0.291 bits per heavy atom. The van der Waals surface area contributed by atoms with Crippen molar-refractivity contribution >= 4 is 0 Å². The second-order valence-electron chi connectivity index (χ2n) is 38.8. The molecule has 810 valence electrons. The van der Waals surface area contributed by atoms with E-state index < -0.39 is 17.8 Å². The maximum atomic E-state index is 12.7. The van der Waals surface area contributed by atoms with Crippen LogP contribution in [0, 0.1) is 29.5 Å². The molecule has 0 saturated carbocycles. The van der Waals surface area contributed by atoms with Crippen molar-refractivity contribution in [3.05, 3.63) is 224 Å². The molecule has 9 heteroatoms. The summed E-state index contributed by atoms with van der Waals surface area (Å²) in [6.07, 6.45) is 135. The van der Waals surface area contributed by atoms with Gasteiger partial charge in [-0.15, -0.1) is 0 Å². The van der Waals surface area contributed by atoms with E-state index in [1.165, 1.54) is 339 Å². The van der Waals surface area contributed by atoms with Gasteiger partial charge in [-0.3, -0.25) is 0 Å². The predicted octanol–water partition coefficient (Wildman–Crippen LogP) is 39.3. The standard InChI is InChI=1S/C21H32O.C20H29FO2.C19H36O.C18H34O.3C18H32O/c1-2-3-4-5-6-7-8-9-10-14-17-21(22)19-18-20-15-12-11-13-16-20;1-2-3-4-5-6-7-8-9-10-11-12-19(22)17-23-20-15-13-18(21)14-16-20;1-4-6-8-9-10-11-12-13-14-16-18-19(3,20)17-15-7-5-2;4*1-3-5-7-8-9-10-11-12-13-15-17-18(19)16-14-6-4-2/h9-17,21-22H,2-8,18-19H2,1H3;9-16,19,22H,2-8,17H2,1H3;13-14,16,18,20H,4-12,15,17H2,1-3H3;12-13,15,17-19H,3-11,14,16H2,1-2H3;15,17-19H,3-11,14,16H2,1-2H3;12-13,18-19H,3-11,14,16H2,1-2H3;8-9,12-13,15,17-19H,3-7,10-11,14,16H2,1-2H3/b10-9-,17-14+;10-9-,12-11+;14-13-,18-16+;13-12-,17-15+;17-15+;13-12-;9-8-,13-12-,17-15+/t21-;19-;;4*18-/m11.0000/s1. The summed E-state index contributed by atoms with van der Waals surface area (Å²) in [5, 5.41) is 68.4. The van der Waals surface area contributed by atoms with Gasteiger partial charge in [0, 0.05) is 6.42 Å². The van der Waals surface area contributed by atoms with Crippen molar-refractivity contribution in [3.63, 3.8) is 0 Å². The third-order valence-electron chi connectivity index (χ3n) is 24.1. The van der Waals surface area contributed by atoms with Crippen molar-refractivity contribution in [2.75, 3.05) is 6.61 Å². The topological polar surface area (TPSA) is 151 Å². The number of benzene rings is 2. The second kappa shape index (κ2) is 126. The number of aliphatic hydroxyl groups is 7. The summed E-state index contributed by atoms with van der Waals surface area (Å²) in [6, 6.07) is 16.1. The van der Waals surface area contributed by atoms with Crippen LogP contribution in [0.1, 0.15) is 532 Å². The smallest absolute Gasteiger partial charge is 0.123 e. The number of allylic oxidation sites excluding steroid dienone is 20. The quantitative estimate of drug-likeness (QED) is 0.0150. The van der Waals surface area contributed by atoms with Gasteiger partial charge in [-0.25, -0.2) is 4.39 Å². The number of unbranched alkanes of at least 4 members (excludes halogenated alkanes) is 49. The van der Waals surface area contributed by atoms with Crippen LogP contribution in [-0.2, 0) is 6.42 Å². The van der Waals surface area contributed by atoms with Crippen molar-refractivity contribution < 1.29 is 44.9 Å². The highest BCUT2D eigenvalue weighted by Gasteiger charge is 2.15. The van der Waals surface area contributed by atoms with E-state index in [1.807, 2.05) is 110 Å². The average molecular weight is 1960 g/mol. The van der Waals surface area contributed by atoms with E-state index >= 15 is 0 Å². The Morgan fingerprint density at radius 2 is 0.610 bits per heavy atom. The number of ether oxygens (including phenoxy) is 1. The van der Waals surface area contributed by atoms with E-state index in [0.29, 0.717) is 5.75 Å². The molecule has 0 saturated heterocycles. The Morgan fingerprint density at radius 3 is 1.03 bits per heavy atom. The monoisotopic (exact) mass is 1960 g/mol. The zero-order chi connectivity index (χ0) is 104. The van der Waals surface area contributed by atoms with E-state index in [0.717, 1.165) is 122 Å². The number of halogens is 1. The van der Waals surface area contributed by atoms with Gasteiger partial charge in [0.15, 0.2) is 0 Å².